The molecule has 3 aromatic carbocycles. The highest BCUT2D eigenvalue weighted by Crippen LogP contribution is 2.33. The number of halogens is 3. The van der Waals surface area contributed by atoms with Gasteiger partial charge in [-0.15, -0.1) is 0 Å². The van der Waals surface area contributed by atoms with E-state index in [9.17, 15) is 19.2 Å². The van der Waals surface area contributed by atoms with Crippen molar-refractivity contribution in [2.45, 2.75) is 6.61 Å². The van der Waals surface area contributed by atoms with Crippen molar-refractivity contribution in [2.75, 3.05) is 12.4 Å². The van der Waals surface area contributed by atoms with Crippen molar-refractivity contribution in [1.82, 2.24) is 0 Å². The van der Waals surface area contributed by atoms with Crippen LogP contribution in [0.3, 0.4) is 0 Å². The Hall–Kier alpha value is -3.23. The van der Waals surface area contributed by atoms with Crippen molar-refractivity contribution in [3.8, 4) is 11.8 Å². The van der Waals surface area contributed by atoms with Crippen LogP contribution >= 0.6 is 38.5 Å². The van der Waals surface area contributed by atoms with E-state index in [1.165, 1.54) is 37.5 Å². The van der Waals surface area contributed by atoms with Crippen molar-refractivity contribution < 1.29 is 23.5 Å². The smallest absolute Gasteiger partial charge is 0.337 e. The lowest BCUT2D eigenvalue weighted by molar-refractivity contribution is -0.112. The number of esters is 1. The molecule has 1 N–H and O–H groups in total. The second-order valence-corrected chi connectivity index (χ2v) is 8.94. The zero-order chi connectivity index (χ0) is 24.7. The standard InChI is InChI=1S/C25H17BrFIN2O4/c1-33-25(32)17-5-7-20(8-6-17)30-24(31)18(13-29)9-16-11-21(26)23(22(28)12-16)34-14-15-3-2-4-19(27)10-15/h2-12H,14H2,1H3,(H,30,31)/b18-9+. The monoisotopic (exact) mass is 634 g/mol. The van der Waals surface area contributed by atoms with E-state index >= 15 is 0 Å². The highest BCUT2D eigenvalue weighted by Gasteiger charge is 2.13. The maximum atomic E-state index is 13.4. The van der Waals surface area contributed by atoms with Crippen LogP contribution in [0, 0.1) is 20.7 Å². The normalized spacial score (nSPS) is 10.9. The highest BCUT2D eigenvalue weighted by atomic mass is 127. The third kappa shape index (κ3) is 6.65. The summed E-state index contributed by atoms with van der Waals surface area (Å²) in [5.41, 5.74) is 1.97. The Morgan fingerprint density at radius 3 is 2.53 bits per heavy atom. The first-order chi connectivity index (χ1) is 16.3. The molecule has 0 saturated carbocycles. The number of nitriles is 1. The van der Waals surface area contributed by atoms with Crippen LogP contribution in [-0.2, 0) is 16.1 Å². The fourth-order valence-electron chi connectivity index (χ4n) is 2.90. The molecule has 0 aliphatic heterocycles. The summed E-state index contributed by atoms with van der Waals surface area (Å²) in [5.74, 6) is -0.849. The Balaban J connectivity index is 1.74. The third-order valence-corrected chi connectivity index (χ3v) is 5.92. The van der Waals surface area contributed by atoms with Gasteiger partial charge in [0.2, 0.25) is 0 Å². The zero-order valence-corrected chi connectivity index (χ0v) is 21.5. The predicted octanol–water partition coefficient (Wildman–Crippen LogP) is 6.10. The average molecular weight is 635 g/mol. The van der Waals surface area contributed by atoms with Crippen LogP contribution in [0.4, 0.5) is 10.1 Å². The zero-order valence-electron chi connectivity index (χ0n) is 17.8. The summed E-state index contributed by atoms with van der Waals surface area (Å²) >= 11 is 5.55. The van der Waals surface area contributed by atoms with Gasteiger partial charge in [0.15, 0.2) is 0 Å². The van der Waals surface area contributed by atoms with E-state index in [4.69, 9.17) is 4.74 Å². The molecular weight excluding hydrogens is 618 g/mol. The number of carbonyl (C=O) groups is 2. The summed E-state index contributed by atoms with van der Waals surface area (Å²) in [6.45, 7) is 0.183. The number of amides is 1. The molecule has 6 nitrogen and oxygen atoms in total. The highest BCUT2D eigenvalue weighted by molar-refractivity contribution is 14.1. The lowest BCUT2D eigenvalue weighted by Gasteiger charge is -2.12. The van der Waals surface area contributed by atoms with E-state index in [-0.39, 0.29) is 18.0 Å². The number of rotatable bonds is 7. The van der Waals surface area contributed by atoms with Crippen LogP contribution in [-0.4, -0.2) is 19.0 Å². The molecule has 0 fully saturated rings. The lowest BCUT2D eigenvalue weighted by atomic mass is 10.1. The second kappa shape index (κ2) is 11.8. The fourth-order valence-corrected chi connectivity index (χ4v) is 4.67. The largest absolute Gasteiger partial charge is 0.487 e. The van der Waals surface area contributed by atoms with Gasteiger partial charge in [-0.2, -0.15) is 5.26 Å². The number of hydrogen-bond donors (Lipinski definition) is 1. The van der Waals surface area contributed by atoms with Gasteiger partial charge in [0, 0.05) is 5.69 Å². The first kappa shape index (κ1) is 25.4. The number of anilines is 1. The molecular formula is C25H17BrFIN2O4. The number of methoxy groups -OCH3 is 1. The minimum Gasteiger partial charge on any atom is -0.487 e. The van der Waals surface area contributed by atoms with Crippen molar-refractivity contribution in [3.63, 3.8) is 0 Å². The number of nitrogens with zero attached hydrogens (tertiary/aromatic N) is 1. The van der Waals surface area contributed by atoms with Crippen LogP contribution < -0.4 is 10.1 Å². The topological polar surface area (TPSA) is 88.4 Å². The summed E-state index contributed by atoms with van der Waals surface area (Å²) in [6.07, 6.45) is 1.46. The number of benzene rings is 3. The molecule has 1 amide bonds. The Labute approximate surface area is 217 Å². The van der Waals surface area contributed by atoms with E-state index in [1.807, 2.05) is 6.07 Å². The molecule has 0 saturated heterocycles. The van der Waals surface area contributed by atoms with Gasteiger partial charge in [-0.05, 0) is 104 Å². The molecule has 0 aliphatic carbocycles. The summed E-state index contributed by atoms with van der Waals surface area (Å²) in [4.78, 5) is 24.1. The predicted molar refractivity (Wildman–Crippen MR) is 138 cm³/mol. The van der Waals surface area contributed by atoms with Crippen LogP contribution in [0.15, 0.2) is 70.7 Å². The first-order valence-corrected chi connectivity index (χ1v) is 11.7. The average Bonchev–Trinajstić information content (AvgIpc) is 2.82. The van der Waals surface area contributed by atoms with Gasteiger partial charge in [-0.3, -0.25) is 4.79 Å². The van der Waals surface area contributed by atoms with Gasteiger partial charge in [-0.1, -0.05) is 12.1 Å². The van der Waals surface area contributed by atoms with Crippen LogP contribution in [0.2, 0.25) is 0 Å². The van der Waals surface area contributed by atoms with Crippen molar-refractivity contribution >= 4 is 62.2 Å². The number of ether oxygens (including phenoxy) is 2. The quantitative estimate of drug-likeness (QED) is 0.147. The number of hydrogen-bond acceptors (Lipinski definition) is 5. The van der Waals surface area contributed by atoms with Gasteiger partial charge in [0.05, 0.1) is 20.7 Å². The SMILES string of the molecule is COC(=O)c1ccc(NC(=O)/C(C#N)=C/c2cc(Br)c(OCc3cccc(F)c3)c(I)c2)cc1. The second-order valence-electron chi connectivity index (χ2n) is 6.93. The molecule has 9 heteroatoms. The van der Waals surface area contributed by atoms with E-state index in [0.717, 1.165) is 3.57 Å². The minimum atomic E-state index is -0.592. The molecule has 0 aromatic heterocycles. The third-order valence-electron chi connectivity index (χ3n) is 4.53. The van der Waals surface area contributed by atoms with Crippen molar-refractivity contribution in [1.29, 1.82) is 5.26 Å². The molecule has 172 valence electrons. The maximum absolute atomic E-state index is 13.4. The van der Waals surface area contributed by atoms with Crippen molar-refractivity contribution in [2.24, 2.45) is 0 Å². The Kier molecular flexibility index (Phi) is 8.79. The Morgan fingerprint density at radius 2 is 1.91 bits per heavy atom. The van der Waals surface area contributed by atoms with E-state index in [1.54, 1.807) is 36.4 Å². The molecule has 0 unspecified atom stereocenters. The maximum Gasteiger partial charge on any atom is 0.337 e. The lowest BCUT2D eigenvalue weighted by Crippen LogP contribution is -2.13. The summed E-state index contributed by atoms with van der Waals surface area (Å²) < 4.78 is 25.2. The van der Waals surface area contributed by atoms with Crippen molar-refractivity contribution in [3.05, 3.63) is 96.8 Å². The fraction of sp³-hybridized carbons (Fsp3) is 0.0800. The van der Waals surface area contributed by atoms with E-state index in [2.05, 4.69) is 48.6 Å². The summed E-state index contributed by atoms with van der Waals surface area (Å²) in [5, 5.41) is 12.1. The number of carbonyl (C=O) groups excluding carboxylic acids is 2. The summed E-state index contributed by atoms with van der Waals surface area (Å²) in [6, 6.07) is 17.7. The molecule has 0 radical (unpaired) electrons. The van der Waals surface area contributed by atoms with E-state index in [0.29, 0.717) is 32.6 Å². The van der Waals surface area contributed by atoms with Crippen LogP contribution in [0.1, 0.15) is 21.5 Å². The molecule has 0 atom stereocenters. The van der Waals surface area contributed by atoms with Crippen LogP contribution in [0.25, 0.3) is 6.08 Å². The molecule has 0 bridgehead atoms. The first-order valence-electron chi connectivity index (χ1n) is 9.78. The molecule has 34 heavy (non-hydrogen) atoms. The van der Waals surface area contributed by atoms with Gasteiger partial charge in [0.1, 0.15) is 29.8 Å². The molecule has 0 aliphatic rings. The molecule has 3 rings (SSSR count). The summed E-state index contributed by atoms with van der Waals surface area (Å²) in [7, 11) is 1.28. The molecule has 3 aromatic rings. The minimum absolute atomic E-state index is 0.104. The van der Waals surface area contributed by atoms with Gasteiger partial charge in [0.25, 0.3) is 5.91 Å². The van der Waals surface area contributed by atoms with Gasteiger partial charge < -0.3 is 14.8 Å². The molecule has 0 heterocycles. The van der Waals surface area contributed by atoms with Gasteiger partial charge in [-0.25, -0.2) is 9.18 Å². The van der Waals surface area contributed by atoms with Crippen LogP contribution in [0.5, 0.6) is 5.75 Å². The molecule has 0 spiro atoms. The Bertz CT molecular complexity index is 1280. The van der Waals surface area contributed by atoms with E-state index < -0.39 is 11.9 Å². The Morgan fingerprint density at radius 1 is 1.18 bits per heavy atom. The number of nitrogens with one attached hydrogen (secondary N) is 1. The van der Waals surface area contributed by atoms with Gasteiger partial charge >= 0.3 is 5.97 Å².